The molecule has 1 heterocycles. The minimum atomic E-state index is 0.280. The van der Waals surface area contributed by atoms with E-state index in [1.165, 1.54) is 24.2 Å². The van der Waals surface area contributed by atoms with Gasteiger partial charge < -0.3 is 0 Å². The molecule has 1 aromatic rings. The summed E-state index contributed by atoms with van der Waals surface area (Å²) in [4.78, 5) is 0.280. The first-order chi connectivity index (χ1) is 7.78. The summed E-state index contributed by atoms with van der Waals surface area (Å²) in [5.41, 5.74) is 1.45. The second-order valence-corrected chi connectivity index (χ2v) is 5.97. The van der Waals surface area contributed by atoms with Crippen LogP contribution in [0.25, 0.3) is 0 Å². The van der Waals surface area contributed by atoms with E-state index in [0.717, 1.165) is 6.42 Å². The molecule has 2 atom stereocenters. The minimum absolute atomic E-state index is 0.280. The van der Waals surface area contributed by atoms with Crippen molar-refractivity contribution < 1.29 is 0 Å². The number of hydrogen-bond acceptors (Lipinski definition) is 2. The van der Waals surface area contributed by atoms with Gasteiger partial charge in [-0.2, -0.15) is 0 Å². The molecule has 0 bridgehead atoms. The van der Waals surface area contributed by atoms with Gasteiger partial charge in [0.25, 0.3) is 0 Å². The van der Waals surface area contributed by atoms with Crippen LogP contribution in [0.4, 0.5) is 0 Å². The summed E-state index contributed by atoms with van der Waals surface area (Å²) < 4.78 is 0. The van der Waals surface area contributed by atoms with E-state index in [-0.39, 0.29) is 4.87 Å². The summed E-state index contributed by atoms with van der Waals surface area (Å²) in [7, 11) is 0. The van der Waals surface area contributed by atoms with E-state index in [1.807, 2.05) is 0 Å². The Balaban J connectivity index is 2.06. The Labute approximate surface area is 103 Å². The van der Waals surface area contributed by atoms with Crippen LogP contribution in [0.3, 0.4) is 0 Å². The predicted molar refractivity (Wildman–Crippen MR) is 72.8 cm³/mol. The van der Waals surface area contributed by atoms with Crippen LogP contribution in [0, 0.1) is 0 Å². The molecule has 0 radical (unpaired) electrons. The van der Waals surface area contributed by atoms with Crippen LogP contribution in [0.15, 0.2) is 30.3 Å². The van der Waals surface area contributed by atoms with Gasteiger partial charge in [0.05, 0.1) is 4.87 Å². The van der Waals surface area contributed by atoms with Gasteiger partial charge in [-0.1, -0.05) is 44.2 Å². The lowest BCUT2D eigenvalue weighted by Crippen LogP contribution is -2.42. The van der Waals surface area contributed by atoms with Gasteiger partial charge in [0.15, 0.2) is 0 Å². The van der Waals surface area contributed by atoms with Crippen molar-refractivity contribution in [1.82, 2.24) is 5.32 Å². The first-order valence-corrected chi connectivity index (χ1v) is 7.22. The van der Waals surface area contributed by atoms with Gasteiger partial charge >= 0.3 is 0 Å². The molecule has 0 spiro atoms. The van der Waals surface area contributed by atoms with E-state index in [4.69, 9.17) is 0 Å². The monoisotopic (exact) mass is 235 g/mol. The van der Waals surface area contributed by atoms with E-state index in [2.05, 4.69) is 61.3 Å². The molecule has 2 rings (SSSR count). The van der Waals surface area contributed by atoms with Crippen molar-refractivity contribution in [2.45, 2.75) is 44.0 Å². The first-order valence-electron chi connectivity index (χ1n) is 6.23. The van der Waals surface area contributed by atoms with Gasteiger partial charge in [0, 0.05) is 11.8 Å². The second-order valence-electron chi connectivity index (χ2n) is 4.57. The molecular weight excluding hydrogens is 214 g/mol. The zero-order valence-electron chi connectivity index (χ0n) is 10.2. The highest BCUT2D eigenvalue weighted by molar-refractivity contribution is 8.00. The maximum absolute atomic E-state index is 3.82. The van der Waals surface area contributed by atoms with Crippen LogP contribution in [-0.2, 0) is 6.42 Å². The van der Waals surface area contributed by atoms with E-state index in [1.54, 1.807) is 0 Å². The fourth-order valence-corrected chi connectivity index (χ4v) is 3.85. The van der Waals surface area contributed by atoms with Crippen molar-refractivity contribution in [2.24, 2.45) is 0 Å². The Morgan fingerprint density at radius 2 is 2.06 bits per heavy atom. The van der Waals surface area contributed by atoms with Crippen molar-refractivity contribution in [2.75, 3.05) is 5.75 Å². The lowest BCUT2D eigenvalue weighted by atomic mass is 10.0. The van der Waals surface area contributed by atoms with Gasteiger partial charge in [0.2, 0.25) is 0 Å². The number of nitrogens with one attached hydrogen (secondary N) is 1. The van der Waals surface area contributed by atoms with Crippen LogP contribution in [0.2, 0.25) is 0 Å². The minimum Gasteiger partial charge on any atom is -0.299 e. The summed E-state index contributed by atoms with van der Waals surface area (Å²) >= 11 is 2.11. The van der Waals surface area contributed by atoms with E-state index in [0.29, 0.717) is 6.04 Å². The number of thioether (sulfide) groups is 1. The molecule has 2 heteroatoms. The zero-order chi connectivity index (χ0) is 11.4. The van der Waals surface area contributed by atoms with Crippen molar-refractivity contribution in [1.29, 1.82) is 0 Å². The van der Waals surface area contributed by atoms with Crippen LogP contribution < -0.4 is 5.32 Å². The summed E-state index contributed by atoms with van der Waals surface area (Å²) in [5, 5.41) is 3.82. The predicted octanol–water partition coefficient (Wildman–Crippen LogP) is 3.45. The van der Waals surface area contributed by atoms with Gasteiger partial charge in [-0.05, 0) is 24.8 Å². The number of rotatable bonds is 4. The molecule has 1 saturated heterocycles. The molecule has 1 aromatic carbocycles. The molecule has 88 valence electrons. The van der Waals surface area contributed by atoms with Crippen LogP contribution in [0.1, 0.15) is 32.3 Å². The van der Waals surface area contributed by atoms with Crippen LogP contribution >= 0.6 is 11.8 Å². The fourth-order valence-electron chi connectivity index (χ4n) is 2.29. The molecule has 0 aliphatic carbocycles. The van der Waals surface area contributed by atoms with Crippen molar-refractivity contribution in [3.63, 3.8) is 0 Å². The topological polar surface area (TPSA) is 12.0 Å². The third kappa shape index (κ3) is 2.61. The van der Waals surface area contributed by atoms with Gasteiger partial charge in [-0.25, -0.2) is 0 Å². The summed E-state index contributed by atoms with van der Waals surface area (Å²) in [5.74, 6) is 1.26. The molecule has 1 N–H and O–H groups in total. The highest BCUT2D eigenvalue weighted by Gasteiger charge is 2.36. The standard InChI is InChI=1S/C14H21NS/c1-3-13-11-16-14(4-2,15-13)10-12-8-6-5-7-9-12/h5-9,13,15H,3-4,10-11H2,1-2H3. The smallest absolute Gasteiger partial charge is 0.0686 e. The van der Waals surface area contributed by atoms with Gasteiger partial charge in [-0.3, -0.25) is 5.32 Å². The third-order valence-electron chi connectivity index (χ3n) is 3.42. The molecule has 1 fully saturated rings. The van der Waals surface area contributed by atoms with Crippen molar-refractivity contribution in [3.05, 3.63) is 35.9 Å². The quantitative estimate of drug-likeness (QED) is 0.858. The summed E-state index contributed by atoms with van der Waals surface area (Å²) in [6, 6.07) is 11.5. The Morgan fingerprint density at radius 3 is 2.62 bits per heavy atom. The zero-order valence-corrected chi connectivity index (χ0v) is 11.0. The lowest BCUT2D eigenvalue weighted by molar-refractivity contribution is 0.417. The SMILES string of the molecule is CCC1CSC(CC)(Cc2ccccc2)N1. The molecule has 0 saturated carbocycles. The second kappa shape index (κ2) is 5.24. The van der Waals surface area contributed by atoms with Gasteiger partial charge in [-0.15, -0.1) is 11.8 Å². The Hall–Kier alpha value is -0.470. The normalized spacial score (nSPS) is 29.5. The molecule has 1 nitrogen and oxygen atoms in total. The number of benzene rings is 1. The molecule has 0 amide bonds. The average Bonchev–Trinajstić information content (AvgIpc) is 2.75. The maximum Gasteiger partial charge on any atom is 0.0686 e. The highest BCUT2D eigenvalue weighted by Crippen LogP contribution is 2.37. The lowest BCUT2D eigenvalue weighted by Gasteiger charge is -2.28. The Morgan fingerprint density at radius 1 is 1.31 bits per heavy atom. The Bertz CT molecular complexity index is 325. The fraction of sp³-hybridized carbons (Fsp3) is 0.571. The Kier molecular flexibility index (Phi) is 3.93. The van der Waals surface area contributed by atoms with Crippen LogP contribution in [-0.4, -0.2) is 16.7 Å². The number of hydrogen-bond donors (Lipinski definition) is 1. The molecular formula is C14H21NS. The largest absolute Gasteiger partial charge is 0.299 e. The van der Waals surface area contributed by atoms with E-state index in [9.17, 15) is 0 Å². The van der Waals surface area contributed by atoms with E-state index < -0.39 is 0 Å². The molecule has 2 unspecified atom stereocenters. The third-order valence-corrected chi connectivity index (χ3v) is 5.10. The van der Waals surface area contributed by atoms with Crippen molar-refractivity contribution in [3.8, 4) is 0 Å². The maximum atomic E-state index is 3.82. The summed E-state index contributed by atoms with van der Waals surface area (Å²) in [6.45, 7) is 4.56. The average molecular weight is 235 g/mol. The van der Waals surface area contributed by atoms with Crippen LogP contribution in [0.5, 0.6) is 0 Å². The first kappa shape index (κ1) is 12.0. The highest BCUT2D eigenvalue weighted by atomic mass is 32.2. The molecule has 16 heavy (non-hydrogen) atoms. The van der Waals surface area contributed by atoms with Gasteiger partial charge in [0.1, 0.15) is 0 Å². The molecule has 1 aliphatic rings. The van der Waals surface area contributed by atoms with Crippen molar-refractivity contribution >= 4 is 11.8 Å². The molecule has 0 aromatic heterocycles. The summed E-state index contributed by atoms with van der Waals surface area (Å²) in [6.07, 6.45) is 3.58. The molecule has 1 aliphatic heterocycles. The van der Waals surface area contributed by atoms with E-state index >= 15 is 0 Å².